The molecule has 0 atom stereocenters. The summed E-state index contributed by atoms with van der Waals surface area (Å²) in [5, 5.41) is 6.84. The highest BCUT2D eigenvalue weighted by Gasteiger charge is 2.28. The van der Waals surface area contributed by atoms with Gasteiger partial charge in [-0.05, 0) is 43.2 Å². The quantitative estimate of drug-likeness (QED) is 0.701. The summed E-state index contributed by atoms with van der Waals surface area (Å²) in [7, 11) is 3.11. The zero-order valence-corrected chi connectivity index (χ0v) is 17.0. The largest absolute Gasteiger partial charge is 0.493 e. The average molecular weight is 408 g/mol. The van der Waals surface area contributed by atoms with Gasteiger partial charge in [0.25, 0.3) is 5.91 Å². The van der Waals surface area contributed by atoms with E-state index in [1.165, 1.54) is 0 Å². The van der Waals surface area contributed by atoms with Gasteiger partial charge in [-0.25, -0.2) is 14.5 Å². The molecule has 1 N–H and O–H groups in total. The maximum absolute atomic E-state index is 13.0. The third-order valence-corrected chi connectivity index (χ3v) is 5.49. The number of aromatic nitrogens is 3. The molecule has 3 aromatic rings. The number of para-hydroxylation sites is 1. The predicted molar refractivity (Wildman–Crippen MR) is 112 cm³/mol. The lowest BCUT2D eigenvalue weighted by Crippen LogP contribution is -2.38. The third kappa shape index (κ3) is 3.68. The first-order valence-electron chi connectivity index (χ1n) is 9.86. The van der Waals surface area contributed by atoms with Crippen LogP contribution in [0.5, 0.6) is 11.5 Å². The molecule has 1 saturated heterocycles. The molecule has 0 spiro atoms. The van der Waals surface area contributed by atoms with Gasteiger partial charge in [-0.1, -0.05) is 18.2 Å². The van der Waals surface area contributed by atoms with Crippen LogP contribution in [0.4, 0.5) is 0 Å². The van der Waals surface area contributed by atoms with Crippen LogP contribution in [0.25, 0.3) is 5.69 Å². The van der Waals surface area contributed by atoms with E-state index in [9.17, 15) is 9.59 Å². The molecular formula is C22H24N4O4. The zero-order valence-electron chi connectivity index (χ0n) is 17.0. The summed E-state index contributed by atoms with van der Waals surface area (Å²) in [5.41, 5.74) is 1.10. The summed E-state index contributed by atoms with van der Waals surface area (Å²) in [6.07, 6.45) is 1.46. The van der Waals surface area contributed by atoms with E-state index in [1.807, 2.05) is 35.2 Å². The van der Waals surface area contributed by atoms with E-state index in [4.69, 9.17) is 9.47 Å². The number of hydrogen-bond donors (Lipinski definition) is 1. The normalized spacial score (nSPS) is 14.5. The second kappa shape index (κ2) is 8.44. The molecule has 1 aromatic heterocycles. The number of amides is 1. The summed E-state index contributed by atoms with van der Waals surface area (Å²) in [6.45, 7) is 1.18. The lowest BCUT2D eigenvalue weighted by atomic mass is 9.95. The molecule has 1 aliphatic heterocycles. The Hall–Kier alpha value is -3.55. The first-order valence-corrected chi connectivity index (χ1v) is 9.86. The Labute approximate surface area is 174 Å². The number of rotatable bonds is 5. The van der Waals surface area contributed by atoms with Gasteiger partial charge < -0.3 is 14.4 Å². The van der Waals surface area contributed by atoms with Crippen LogP contribution in [-0.4, -0.2) is 52.9 Å². The van der Waals surface area contributed by atoms with Crippen LogP contribution in [0.3, 0.4) is 0 Å². The Morgan fingerprint density at radius 3 is 2.40 bits per heavy atom. The number of methoxy groups -OCH3 is 2. The van der Waals surface area contributed by atoms with Crippen LogP contribution in [0.1, 0.15) is 34.9 Å². The Morgan fingerprint density at radius 1 is 1.03 bits per heavy atom. The Kier molecular flexibility index (Phi) is 5.56. The van der Waals surface area contributed by atoms with Gasteiger partial charge in [-0.3, -0.25) is 4.79 Å². The molecule has 8 nitrogen and oxygen atoms in total. The van der Waals surface area contributed by atoms with Crippen molar-refractivity contribution >= 4 is 5.91 Å². The molecule has 0 saturated carbocycles. The minimum Gasteiger partial charge on any atom is -0.493 e. The fraction of sp³-hybridized carbons (Fsp3) is 0.318. The summed E-state index contributed by atoms with van der Waals surface area (Å²) in [5.74, 6) is 1.88. The number of piperidine rings is 1. The van der Waals surface area contributed by atoms with Gasteiger partial charge in [0.15, 0.2) is 11.5 Å². The first kappa shape index (κ1) is 19.8. The maximum Gasteiger partial charge on any atom is 0.347 e. The van der Waals surface area contributed by atoms with E-state index in [1.54, 1.807) is 37.0 Å². The van der Waals surface area contributed by atoms with Crippen LogP contribution in [0, 0.1) is 0 Å². The smallest absolute Gasteiger partial charge is 0.347 e. The Morgan fingerprint density at radius 2 is 1.73 bits per heavy atom. The molecule has 1 aliphatic rings. The van der Waals surface area contributed by atoms with Crippen molar-refractivity contribution in [2.24, 2.45) is 0 Å². The van der Waals surface area contributed by atoms with Gasteiger partial charge in [0.1, 0.15) is 5.82 Å². The monoisotopic (exact) mass is 408 g/mol. The van der Waals surface area contributed by atoms with Crippen molar-refractivity contribution in [2.45, 2.75) is 18.8 Å². The molecule has 0 bridgehead atoms. The van der Waals surface area contributed by atoms with E-state index in [-0.39, 0.29) is 17.5 Å². The number of carbonyl (C=O) groups excluding carboxylic acids is 1. The minimum absolute atomic E-state index is 0.0446. The van der Waals surface area contributed by atoms with Crippen molar-refractivity contribution in [1.82, 2.24) is 19.7 Å². The molecule has 4 rings (SSSR count). The molecule has 2 aromatic carbocycles. The molecule has 0 aliphatic carbocycles. The topological polar surface area (TPSA) is 89.5 Å². The number of hydrogen-bond acceptors (Lipinski definition) is 5. The maximum atomic E-state index is 13.0. The van der Waals surface area contributed by atoms with Crippen LogP contribution in [-0.2, 0) is 0 Å². The molecule has 1 amide bonds. The number of nitrogens with one attached hydrogen (secondary N) is 1. The second-order valence-electron chi connectivity index (χ2n) is 7.19. The number of aromatic amines is 1. The molecule has 0 unspecified atom stereocenters. The van der Waals surface area contributed by atoms with Crippen LogP contribution in [0.15, 0.2) is 53.3 Å². The van der Waals surface area contributed by atoms with Crippen molar-refractivity contribution in [2.75, 3.05) is 27.3 Å². The molecule has 30 heavy (non-hydrogen) atoms. The number of carbonyl (C=O) groups is 1. The summed E-state index contributed by atoms with van der Waals surface area (Å²) < 4.78 is 12.2. The highest BCUT2D eigenvalue weighted by Crippen LogP contribution is 2.31. The Balaban J connectivity index is 1.49. The number of ether oxygens (including phenoxy) is 2. The lowest BCUT2D eigenvalue weighted by molar-refractivity contribution is 0.0710. The van der Waals surface area contributed by atoms with Crippen molar-refractivity contribution in [3.63, 3.8) is 0 Å². The van der Waals surface area contributed by atoms with Crippen LogP contribution >= 0.6 is 0 Å². The highest BCUT2D eigenvalue weighted by atomic mass is 16.5. The zero-order chi connectivity index (χ0) is 21.1. The van der Waals surface area contributed by atoms with Crippen LogP contribution < -0.4 is 15.2 Å². The van der Waals surface area contributed by atoms with Gasteiger partial charge in [0, 0.05) is 24.6 Å². The molecule has 0 radical (unpaired) electrons. The lowest BCUT2D eigenvalue weighted by Gasteiger charge is -2.31. The summed E-state index contributed by atoms with van der Waals surface area (Å²) >= 11 is 0. The molecule has 156 valence electrons. The minimum atomic E-state index is -0.250. The number of nitrogens with zero attached hydrogens (tertiary/aromatic N) is 3. The second-order valence-corrected chi connectivity index (χ2v) is 7.19. The predicted octanol–water partition coefficient (Wildman–Crippen LogP) is 2.60. The summed E-state index contributed by atoms with van der Waals surface area (Å²) in [4.78, 5) is 27.1. The molecule has 1 fully saturated rings. The number of likely N-dealkylation sites (tertiary alicyclic amines) is 1. The molecular weight excluding hydrogens is 384 g/mol. The van der Waals surface area contributed by atoms with E-state index < -0.39 is 0 Å². The van der Waals surface area contributed by atoms with E-state index in [0.717, 1.165) is 18.5 Å². The molecule has 8 heteroatoms. The van der Waals surface area contributed by atoms with Gasteiger partial charge in [-0.2, -0.15) is 5.10 Å². The van der Waals surface area contributed by atoms with Gasteiger partial charge >= 0.3 is 5.69 Å². The molecule has 2 heterocycles. The van der Waals surface area contributed by atoms with Gasteiger partial charge in [-0.15, -0.1) is 0 Å². The van der Waals surface area contributed by atoms with E-state index in [0.29, 0.717) is 36.0 Å². The SMILES string of the molecule is COc1ccc(C(=O)N2CCC(c3n[nH]c(=O)n3-c3ccccc3)CC2)cc1OC. The first-order chi connectivity index (χ1) is 14.6. The van der Waals surface area contributed by atoms with E-state index in [2.05, 4.69) is 10.2 Å². The summed E-state index contributed by atoms with van der Waals surface area (Å²) in [6, 6.07) is 14.6. The highest BCUT2D eigenvalue weighted by molar-refractivity contribution is 5.95. The van der Waals surface area contributed by atoms with Crippen molar-refractivity contribution in [3.8, 4) is 17.2 Å². The number of H-pyrrole nitrogens is 1. The fourth-order valence-corrected chi connectivity index (χ4v) is 3.90. The standard InChI is InChI=1S/C22H24N4O4/c1-29-18-9-8-16(14-19(18)30-2)21(27)25-12-10-15(11-13-25)20-23-24-22(28)26(20)17-6-4-3-5-7-17/h3-9,14-15H,10-13H2,1-2H3,(H,24,28). The van der Waals surface area contributed by atoms with E-state index >= 15 is 0 Å². The third-order valence-electron chi connectivity index (χ3n) is 5.49. The average Bonchev–Trinajstić information content (AvgIpc) is 3.20. The fourth-order valence-electron chi connectivity index (χ4n) is 3.90. The van der Waals surface area contributed by atoms with Gasteiger partial charge in [0.05, 0.1) is 19.9 Å². The number of benzene rings is 2. The van der Waals surface area contributed by atoms with Crippen molar-refractivity contribution in [1.29, 1.82) is 0 Å². The van der Waals surface area contributed by atoms with Gasteiger partial charge in [0.2, 0.25) is 0 Å². The Bertz CT molecular complexity index is 1080. The van der Waals surface area contributed by atoms with Crippen LogP contribution in [0.2, 0.25) is 0 Å². The van der Waals surface area contributed by atoms with Crippen molar-refractivity contribution < 1.29 is 14.3 Å². The van der Waals surface area contributed by atoms with Crippen molar-refractivity contribution in [3.05, 3.63) is 70.4 Å².